The molecule has 1 unspecified atom stereocenters. The van der Waals surface area contributed by atoms with Crippen molar-refractivity contribution in [2.45, 2.75) is 32.4 Å². The number of benzene rings is 2. The maximum absolute atomic E-state index is 13.7. The van der Waals surface area contributed by atoms with Gasteiger partial charge in [0.2, 0.25) is 0 Å². The van der Waals surface area contributed by atoms with Gasteiger partial charge in [0.1, 0.15) is 5.82 Å². The van der Waals surface area contributed by atoms with Crippen LogP contribution in [0.25, 0.3) is 0 Å². The molecular weight excluding hydrogens is 319 g/mol. The van der Waals surface area contributed by atoms with Gasteiger partial charge in [-0.15, -0.1) is 0 Å². The van der Waals surface area contributed by atoms with Crippen LogP contribution in [0.15, 0.2) is 48.5 Å². The van der Waals surface area contributed by atoms with Crippen LogP contribution in [0.2, 0.25) is 0 Å². The molecule has 4 nitrogen and oxygen atoms in total. The summed E-state index contributed by atoms with van der Waals surface area (Å²) in [7, 11) is 0. The molecule has 3 rings (SSSR count). The molecule has 5 heteroatoms. The molecule has 25 heavy (non-hydrogen) atoms. The van der Waals surface area contributed by atoms with Gasteiger partial charge in [0.05, 0.1) is 12.6 Å². The summed E-state index contributed by atoms with van der Waals surface area (Å²) >= 11 is 0. The average molecular weight is 342 g/mol. The molecule has 2 aromatic rings. The first-order valence-electron chi connectivity index (χ1n) is 8.57. The van der Waals surface area contributed by atoms with Gasteiger partial charge in [-0.3, -0.25) is 0 Å². The van der Waals surface area contributed by atoms with Crippen LogP contribution in [-0.4, -0.2) is 28.7 Å². The summed E-state index contributed by atoms with van der Waals surface area (Å²) in [6.45, 7) is 1.96. The minimum atomic E-state index is -0.353. The van der Waals surface area contributed by atoms with E-state index in [-0.39, 0.29) is 24.5 Å². The van der Waals surface area contributed by atoms with E-state index < -0.39 is 0 Å². The van der Waals surface area contributed by atoms with Crippen molar-refractivity contribution >= 4 is 11.7 Å². The highest BCUT2D eigenvalue weighted by Crippen LogP contribution is 2.36. The van der Waals surface area contributed by atoms with Crippen molar-refractivity contribution in [3.05, 3.63) is 65.5 Å². The maximum Gasteiger partial charge on any atom is 0.322 e. The number of urea groups is 1. The van der Waals surface area contributed by atoms with Gasteiger partial charge >= 0.3 is 6.03 Å². The van der Waals surface area contributed by atoms with Gasteiger partial charge in [-0.1, -0.05) is 36.4 Å². The van der Waals surface area contributed by atoms with Gasteiger partial charge in [-0.2, -0.15) is 0 Å². The Morgan fingerprint density at radius 2 is 1.96 bits per heavy atom. The Morgan fingerprint density at radius 1 is 1.24 bits per heavy atom. The number of nitrogens with one attached hydrogen (secondary N) is 1. The highest BCUT2D eigenvalue weighted by Gasteiger charge is 2.37. The fourth-order valence-electron chi connectivity index (χ4n) is 3.03. The van der Waals surface area contributed by atoms with Crippen molar-refractivity contribution in [1.29, 1.82) is 0 Å². The predicted octanol–water partition coefficient (Wildman–Crippen LogP) is 3.94. The van der Waals surface area contributed by atoms with Crippen LogP contribution in [0.1, 0.15) is 24.0 Å². The standard InChI is InChI=1S/C20H23FN2O2/c1-14-17(21)8-5-9-18(14)22-20(25)23(19(13-24)16-10-11-16)12-15-6-3-2-4-7-15/h2-9,16,19,24H,10-13H2,1H3,(H,22,25). The number of amides is 2. The summed E-state index contributed by atoms with van der Waals surface area (Å²) in [6.07, 6.45) is 2.03. The molecule has 0 bridgehead atoms. The predicted molar refractivity (Wildman–Crippen MR) is 95.7 cm³/mol. The summed E-state index contributed by atoms with van der Waals surface area (Å²) < 4.78 is 13.7. The third-order valence-corrected chi connectivity index (χ3v) is 4.72. The van der Waals surface area contributed by atoms with Crippen molar-refractivity contribution in [3.63, 3.8) is 0 Å². The number of hydrogen-bond donors (Lipinski definition) is 2. The third kappa shape index (κ3) is 4.17. The smallest absolute Gasteiger partial charge is 0.322 e. The molecule has 1 saturated carbocycles. The summed E-state index contributed by atoms with van der Waals surface area (Å²) in [5.74, 6) is -0.0265. The lowest BCUT2D eigenvalue weighted by molar-refractivity contribution is 0.124. The second-order valence-electron chi connectivity index (χ2n) is 6.54. The first-order valence-corrected chi connectivity index (χ1v) is 8.57. The molecule has 2 aromatic carbocycles. The van der Waals surface area contributed by atoms with Crippen LogP contribution in [0, 0.1) is 18.7 Å². The van der Waals surface area contributed by atoms with E-state index in [1.165, 1.54) is 6.07 Å². The van der Waals surface area contributed by atoms with Crippen LogP contribution in [-0.2, 0) is 6.54 Å². The molecule has 1 aliphatic rings. The van der Waals surface area contributed by atoms with E-state index in [1.54, 1.807) is 24.0 Å². The largest absolute Gasteiger partial charge is 0.394 e. The highest BCUT2D eigenvalue weighted by molar-refractivity contribution is 5.90. The van der Waals surface area contributed by atoms with E-state index >= 15 is 0 Å². The number of aliphatic hydroxyl groups excluding tert-OH is 1. The second kappa shape index (κ2) is 7.66. The van der Waals surface area contributed by atoms with Gasteiger partial charge in [-0.05, 0) is 43.4 Å². The first kappa shape index (κ1) is 17.4. The van der Waals surface area contributed by atoms with E-state index in [0.29, 0.717) is 23.7 Å². The van der Waals surface area contributed by atoms with Crippen molar-refractivity contribution in [2.24, 2.45) is 5.92 Å². The van der Waals surface area contributed by atoms with Crippen LogP contribution in [0.5, 0.6) is 0 Å². The second-order valence-corrected chi connectivity index (χ2v) is 6.54. The fourth-order valence-corrected chi connectivity index (χ4v) is 3.03. The van der Waals surface area contributed by atoms with E-state index in [2.05, 4.69) is 5.32 Å². The Balaban J connectivity index is 1.82. The molecule has 0 aromatic heterocycles. The fraction of sp³-hybridized carbons (Fsp3) is 0.350. The number of rotatable bonds is 6. The Bertz CT molecular complexity index is 732. The topological polar surface area (TPSA) is 52.6 Å². The van der Waals surface area contributed by atoms with Gasteiger partial charge in [0, 0.05) is 17.8 Å². The zero-order valence-electron chi connectivity index (χ0n) is 14.3. The normalized spacial score (nSPS) is 14.8. The van der Waals surface area contributed by atoms with Crippen LogP contribution in [0.4, 0.5) is 14.9 Å². The van der Waals surface area contributed by atoms with Crippen molar-refractivity contribution < 1.29 is 14.3 Å². The van der Waals surface area contributed by atoms with E-state index in [0.717, 1.165) is 18.4 Å². The molecule has 1 atom stereocenters. The summed E-state index contributed by atoms with van der Waals surface area (Å²) in [4.78, 5) is 14.6. The molecule has 0 spiro atoms. The molecule has 0 saturated heterocycles. The summed E-state index contributed by atoms with van der Waals surface area (Å²) in [6, 6.07) is 13.8. The van der Waals surface area contributed by atoms with Crippen LogP contribution < -0.4 is 5.32 Å². The van der Waals surface area contributed by atoms with Crippen molar-refractivity contribution in [1.82, 2.24) is 4.90 Å². The van der Waals surface area contributed by atoms with Gasteiger partial charge in [-0.25, -0.2) is 9.18 Å². The van der Waals surface area contributed by atoms with Crippen LogP contribution >= 0.6 is 0 Å². The van der Waals surface area contributed by atoms with Gasteiger partial charge in [0.25, 0.3) is 0 Å². The van der Waals surface area contributed by atoms with Gasteiger partial charge in [0.15, 0.2) is 0 Å². The molecule has 0 heterocycles. The molecule has 0 radical (unpaired) electrons. The number of hydrogen-bond acceptors (Lipinski definition) is 2. The minimum absolute atomic E-state index is 0.0763. The summed E-state index contributed by atoms with van der Waals surface area (Å²) in [5, 5.41) is 12.6. The highest BCUT2D eigenvalue weighted by atomic mass is 19.1. The van der Waals surface area contributed by atoms with E-state index in [9.17, 15) is 14.3 Å². The summed E-state index contributed by atoms with van der Waals surface area (Å²) in [5.41, 5.74) is 1.85. The van der Waals surface area contributed by atoms with Gasteiger partial charge < -0.3 is 15.3 Å². The maximum atomic E-state index is 13.7. The van der Waals surface area contributed by atoms with Crippen molar-refractivity contribution in [2.75, 3.05) is 11.9 Å². The number of nitrogens with zero attached hydrogens (tertiary/aromatic N) is 1. The molecule has 1 fully saturated rings. The van der Waals surface area contributed by atoms with Crippen LogP contribution in [0.3, 0.4) is 0 Å². The number of halogens is 1. The Kier molecular flexibility index (Phi) is 5.34. The minimum Gasteiger partial charge on any atom is -0.394 e. The molecular formula is C20H23FN2O2. The average Bonchev–Trinajstić information content (AvgIpc) is 3.44. The zero-order chi connectivity index (χ0) is 17.8. The Morgan fingerprint density at radius 3 is 2.60 bits per heavy atom. The molecule has 2 amide bonds. The lowest BCUT2D eigenvalue weighted by Crippen LogP contribution is -2.45. The lowest BCUT2D eigenvalue weighted by Gasteiger charge is -2.31. The number of aliphatic hydroxyl groups is 1. The van der Waals surface area contributed by atoms with E-state index in [4.69, 9.17) is 0 Å². The first-order chi connectivity index (χ1) is 12.1. The number of anilines is 1. The number of carbonyl (C=O) groups is 1. The number of carbonyl (C=O) groups excluding carboxylic acids is 1. The molecule has 2 N–H and O–H groups in total. The zero-order valence-corrected chi connectivity index (χ0v) is 14.3. The third-order valence-electron chi connectivity index (χ3n) is 4.72. The Hall–Kier alpha value is -2.40. The van der Waals surface area contributed by atoms with E-state index in [1.807, 2.05) is 30.3 Å². The quantitative estimate of drug-likeness (QED) is 0.835. The Labute approximate surface area is 147 Å². The SMILES string of the molecule is Cc1c(F)cccc1NC(=O)N(Cc1ccccc1)C(CO)C1CC1. The van der Waals surface area contributed by atoms with Crippen molar-refractivity contribution in [3.8, 4) is 0 Å². The molecule has 1 aliphatic carbocycles. The molecule has 132 valence electrons. The lowest BCUT2D eigenvalue weighted by atomic mass is 10.1. The monoisotopic (exact) mass is 342 g/mol. The molecule has 0 aliphatic heterocycles.